The van der Waals surface area contributed by atoms with E-state index < -0.39 is 0 Å². The maximum atomic E-state index is 9.04. The van der Waals surface area contributed by atoms with Crippen molar-refractivity contribution in [2.24, 2.45) is 17.8 Å². The molecule has 0 amide bonds. The van der Waals surface area contributed by atoms with E-state index in [1.165, 1.54) is 32.2 Å². The summed E-state index contributed by atoms with van der Waals surface area (Å²) >= 11 is 0. The van der Waals surface area contributed by atoms with E-state index in [0.29, 0.717) is 12.5 Å². The van der Waals surface area contributed by atoms with Gasteiger partial charge >= 0.3 is 0 Å². The average molecular weight is 169 g/mol. The minimum atomic E-state index is 0.371. The molecule has 12 heavy (non-hydrogen) atoms. The minimum Gasteiger partial charge on any atom is -0.396 e. The van der Waals surface area contributed by atoms with Crippen LogP contribution in [-0.2, 0) is 0 Å². The first-order chi connectivity index (χ1) is 5.90. The Kier molecular flexibility index (Phi) is 2.66. The van der Waals surface area contributed by atoms with Gasteiger partial charge in [-0.1, -0.05) is 19.3 Å². The van der Waals surface area contributed by atoms with Crippen LogP contribution in [0.4, 0.5) is 0 Å². The van der Waals surface area contributed by atoms with Crippen molar-refractivity contribution >= 4 is 0 Å². The van der Waals surface area contributed by atoms with Gasteiger partial charge in [0, 0.05) is 13.2 Å². The van der Waals surface area contributed by atoms with Crippen molar-refractivity contribution in [1.82, 2.24) is 5.32 Å². The number of nitrogens with one attached hydrogen (secondary N) is 1. The Balaban J connectivity index is 1.81. The molecule has 2 aliphatic rings. The Hall–Kier alpha value is -0.0800. The van der Waals surface area contributed by atoms with Gasteiger partial charge in [-0.05, 0) is 30.7 Å². The van der Waals surface area contributed by atoms with Crippen LogP contribution in [0.15, 0.2) is 0 Å². The lowest BCUT2D eigenvalue weighted by atomic mass is 9.71. The summed E-state index contributed by atoms with van der Waals surface area (Å²) in [5.41, 5.74) is 0. The first kappa shape index (κ1) is 8.52. The van der Waals surface area contributed by atoms with Crippen LogP contribution >= 0.6 is 0 Å². The van der Waals surface area contributed by atoms with Crippen molar-refractivity contribution < 1.29 is 5.11 Å². The molecule has 1 aliphatic carbocycles. The second-order valence-corrected chi connectivity index (χ2v) is 4.39. The van der Waals surface area contributed by atoms with Gasteiger partial charge in [0.15, 0.2) is 0 Å². The summed E-state index contributed by atoms with van der Waals surface area (Å²) in [4.78, 5) is 0. The van der Waals surface area contributed by atoms with Gasteiger partial charge in [0.25, 0.3) is 0 Å². The topological polar surface area (TPSA) is 32.3 Å². The normalized spacial score (nSPS) is 37.8. The molecule has 2 rings (SSSR count). The van der Waals surface area contributed by atoms with Gasteiger partial charge < -0.3 is 10.4 Å². The zero-order valence-corrected chi connectivity index (χ0v) is 7.63. The van der Waals surface area contributed by atoms with E-state index in [1.54, 1.807) is 0 Å². The summed E-state index contributed by atoms with van der Waals surface area (Å²) in [5.74, 6) is 2.38. The number of aliphatic hydroxyl groups is 1. The lowest BCUT2D eigenvalue weighted by Crippen LogP contribution is -2.42. The van der Waals surface area contributed by atoms with Crippen LogP contribution in [0, 0.1) is 17.8 Å². The first-order valence-electron chi connectivity index (χ1n) is 5.21. The van der Waals surface area contributed by atoms with Crippen LogP contribution in [0.3, 0.4) is 0 Å². The molecule has 0 aromatic heterocycles. The van der Waals surface area contributed by atoms with Crippen molar-refractivity contribution in [2.45, 2.75) is 25.7 Å². The van der Waals surface area contributed by atoms with Crippen molar-refractivity contribution in [3.05, 3.63) is 0 Å². The molecule has 0 bridgehead atoms. The summed E-state index contributed by atoms with van der Waals surface area (Å²) in [5, 5.41) is 12.5. The average Bonchev–Trinajstić information content (AvgIpc) is 2.02. The molecule has 2 N–H and O–H groups in total. The van der Waals surface area contributed by atoms with Crippen LogP contribution in [0.5, 0.6) is 0 Å². The van der Waals surface area contributed by atoms with E-state index in [-0.39, 0.29) is 0 Å². The molecule has 0 aromatic carbocycles. The quantitative estimate of drug-likeness (QED) is 0.646. The molecule has 1 saturated carbocycles. The fourth-order valence-corrected chi connectivity index (χ4v) is 2.48. The molecule has 2 atom stereocenters. The van der Waals surface area contributed by atoms with E-state index >= 15 is 0 Å². The van der Waals surface area contributed by atoms with Crippen LogP contribution in [0.1, 0.15) is 25.7 Å². The molecule has 1 saturated heterocycles. The van der Waals surface area contributed by atoms with Crippen molar-refractivity contribution in [3.63, 3.8) is 0 Å². The molecule has 2 nitrogen and oxygen atoms in total. The van der Waals surface area contributed by atoms with Gasteiger partial charge in [-0.25, -0.2) is 0 Å². The van der Waals surface area contributed by atoms with E-state index in [2.05, 4.69) is 5.32 Å². The minimum absolute atomic E-state index is 0.371. The SMILES string of the molecule is OCC1CNCC(C2CCC2)C1. The predicted molar refractivity (Wildman–Crippen MR) is 48.9 cm³/mol. The Labute approximate surface area is 74.4 Å². The molecule has 1 heterocycles. The lowest BCUT2D eigenvalue weighted by molar-refractivity contribution is 0.111. The van der Waals surface area contributed by atoms with Gasteiger partial charge in [-0.3, -0.25) is 0 Å². The molecule has 2 heteroatoms. The Morgan fingerprint density at radius 3 is 2.58 bits per heavy atom. The number of aliphatic hydroxyl groups excluding tert-OH is 1. The molecular weight excluding hydrogens is 150 g/mol. The molecule has 2 fully saturated rings. The number of piperidine rings is 1. The zero-order valence-electron chi connectivity index (χ0n) is 7.63. The zero-order chi connectivity index (χ0) is 8.39. The van der Waals surface area contributed by atoms with E-state index in [1.807, 2.05) is 0 Å². The smallest absolute Gasteiger partial charge is 0.0471 e. The third-order valence-corrected chi connectivity index (χ3v) is 3.55. The number of hydrogen-bond acceptors (Lipinski definition) is 2. The van der Waals surface area contributed by atoms with Gasteiger partial charge in [0.1, 0.15) is 0 Å². The predicted octanol–water partition coefficient (Wildman–Crippen LogP) is 1.00. The summed E-state index contributed by atoms with van der Waals surface area (Å²) in [6.07, 6.45) is 5.56. The van der Waals surface area contributed by atoms with Crippen LogP contribution < -0.4 is 5.32 Å². The van der Waals surface area contributed by atoms with Crippen molar-refractivity contribution in [3.8, 4) is 0 Å². The van der Waals surface area contributed by atoms with Gasteiger partial charge in [0.2, 0.25) is 0 Å². The Morgan fingerprint density at radius 1 is 1.17 bits per heavy atom. The third kappa shape index (κ3) is 1.64. The van der Waals surface area contributed by atoms with Gasteiger partial charge in [0.05, 0.1) is 0 Å². The molecule has 2 unspecified atom stereocenters. The molecular formula is C10H19NO. The van der Waals surface area contributed by atoms with E-state index in [9.17, 15) is 0 Å². The summed E-state index contributed by atoms with van der Waals surface area (Å²) in [6, 6.07) is 0. The maximum absolute atomic E-state index is 9.04. The molecule has 0 spiro atoms. The second kappa shape index (κ2) is 3.75. The lowest BCUT2D eigenvalue weighted by Gasteiger charge is -2.39. The summed E-state index contributed by atoms with van der Waals surface area (Å²) < 4.78 is 0. The third-order valence-electron chi connectivity index (χ3n) is 3.55. The Morgan fingerprint density at radius 2 is 2.00 bits per heavy atom. The van der Waals surface area contributed by atoms with Gasteiger partial charge in [-0.15, -0.1) is 0 Å². The fraction of sp³-hybridized carbons (Fsp3) is 1.00. The van der Waals surface area contributed by atoms with E-state index in [4.69, 9.17) is 5.11 Å². The maximum Gasteiger partial charge on any atom is 0.0471 e. The molecule has 0 aromatic rings. The Bertz CT molecular complexity index is 145. The highest BCUT2D eigenvalue weighted by molar-refractivity contribution is 4.84. The number of hydrogen-bond donors (Lipinski definition) is 2. The molecule has 70 valence electrons. The molecule has 0 radical (unpaired) electrons. The van der Waals surface area contributed by atoms with Crippen LogP contribution in [-0.4, -0.2) is 24.8 Å². The van der Waals surface area contributed by atoms with Crippen molar-refractivity contribution in [1.29, 1.82) is 0 Å². The number of rotatable bonds is 2. The largest absolute Gasteiger partial charge is 0.396 e. The summed E-state index contributed by atoms with van der Waals surface area (Å²) in [7, 11) is 0. The second-order valence-electron chi connectivity index (χ2n) is 4.39. The highest BCUT2D eigenvalue weighted by Crippen LogP contribution is 2.37. The highest BCUT2D eigenvalue weighted by atomic mass is 16.3. The van der Waals surface area contributed by atoms with Crippen molar-refractivity contribution in [2.75, 3.05) is 19.7 Å². The van der Waals surface area contributed by atoms with Crippen LogP contribution in [0.25, 0.3) is 0 Å². The molecule has 1 aliphatic heterocycles. The standard InChI is InChI=1S/C10H19NO/c12-7-8-4-10(6-11-5-8)9-2-1-3-9/h8-12H,1-7H2. The van der Waals surface area contributed by atoms with Gasteiger partial charge in [-0.2, -0.15) is 0 Å². The van der Waals surface area contributed by atoms with Crippen LogP contribution in [0.2, 0.25) is 0 Å². The first-order valence-corrected chi connectivity index (χ1v) is 5.21. The fourth-order valence-electron chi connectivity index (χ4n) is 2.48. The monoisotopic (exact) mass is 169 g/mol. The highest BCUT2D eigenvalue weighted by Gasteiger charge is 2.31. The van der Waals surface area contributed by atoms with E-state index in [0.717, 1.165) is 18.4 Å². The summed E-state index contributed by atoms with van der Waals surface area (Å²) in [6.45, 7) is 2.59.